The summed E-state index contributed by atoms with van der Waals surface area (Å²) in [6.07, 6.45) is 1.06. The number of carbonyl (C=O) groups excluding carboxylic acids is 1. The van der Waals surface area contributed by atoms with Crippen LogP contribution in [0.3, 0.4) is 0 Å². The number of rotatable bonds is 2. The zero-order valence-electron chi connectivity index (χ0n) is 7.13. The van der Waals surface area contributed by atoms with Gasteiger partial charge < -0.3 is 9.94 Å². The smallest absolute Gasteiger partial charge is 0.360 e. The van der Waals surface area contributed by atoms with Crippen molar-refractivity contribution in [3.63, 3.8) is 0 Å². The third-order valence-electron chi connectivity index (χ3n) is 1.43. The summed E-state index contributed by atoms with van der Waals surface area (Å²) in [6, 6.07) is 0. The number of hydrogen-bond donors (Lipinski definition) is 1. The average molecular weight is 184 g/mol. The Labute approximate surface area is 73.6 Å². The maximum absolute atomic E-state index is 11.0. The first kappa shape index (κ1) is 9.17. The van der Waals surface area contributed by atoms with Gasteiger partial charge in [0.2, 0.25) is 0 Å². The fraction of sp³-hybridized carbons (Fsp3) is 0.333. The van der Waals surface area contributed by atoms with E-state index in [0.29, 0.717) is 0 Å². The van der Waals surface area contributed by atoms with Crippen LogP contribution in [0, 0.1) is 0 Å². The lowest BCUT2D eigenvalue weighted by molar-refractivity contribution is 0.0593. The highest BCUT2D eigenvalue weighted by atomic mass is 16.5. The Bertz CT molecular complexity index is 344. The van der Waals surface area contributed by atoms with Gasteiger partial charge in [-0.25, -0.2) is 9.48 Å². The van der Waals surface area contributed by atoms with Crippen molar-refractivity contribution in [1.29, 1.82) is 0 Å². The number of esters is 1. The van der Waals surface area contributed by atoms with Crippen molar-refractivity contribution in [1.82, 2.24) is 15.0 Å². The first-order chi connectivity index (χ1) is 6.20. The Balaban J connectivity index is 3.14. The van der Waals surface area contributed by atoms with E-state index in [4.69, 9.17) is 5.21 Å². The Morgan fingerprint density at radius 2 is 2.46 bits per heavy atom. The number of carbonyl (C=O) groups is 1. The summed E-state index contributed by atoms with van der Waals surface area (Å²) in [5, 5.41) is 18.2. The first-order valence-corrected chi connectivity index (χ1v) is 3.36. The molecule has 0 saturated heterocycles. The minimum Gasteiger partial charge on any atom is -0.464 e. The summed E-state index contributed by atoms with van der Waals surface area (Å²) in [7, 11) is 2.80. The monoisotopic (exact) mass is 184 g/mol. The second-order valence-electron chi connectivity index (χ2n) is 2.18. The summed E-state index contributed by atoms with van der Waals surface area (Å²) >= 11 is 0. The van der Waals surface area contributed by atoms with Crippen LogP contribution in [0.4, 0.5) is 0 Å². The molecule has 1 aromatic rings. The van der Waals surface area contributed by atoms with E-state index in [0.717, 1.165) is 6.21 Å². The van der Waals surface area contributed by atoms with Gasteiger partial charge in [-0.15, -0.1) is 5.10 Å². The SMILES string of the molecule is COC(=O)c1nnn(C)c1/C=N/O. The number of methoxy groups -OCH3 is 1. The average Bonchev–Trinajstić information content (AvgIpc) is 2.48. The molecule has 0 radical (unpaired) electrons. The van der Waals surface area contributed by atoms with Crippen LogP contribution < -0.4 is 0 Å². The molecule has 70 valence electrons. The summed E-state index contributed by atoms with van der Waals surface area (Å²) in [4.78, 5) is 11.0. The first-order valence-electron chi connectivity index (χ1n) is 3.36. The van der Waals surface area contributed by atoms with E-state index in [1.54, 1.807) is 7.05 Å². The zero-order chi connectivity index (χ0) is 9.84. The Hall–Kier alpha value is -1.92. The predicted octanol–water partition coefficient (Wildman–Crippen LogP) is -0.590. The number of ether oxygens (including phenoxy) is 1. The standard InChI is InChI=1S/C6H8N4O3/c1-10-4(3-7-12)5(8-9-10)6(11)13-2/h3,12H,1-2H3/b7-3+. The summed E-state index contributed by atoms with van der Waals surface area (Å²) in [6.45, 7) is 0. The molecule has 0 fully saturated rings. The van der Waals surface area contributed by atoms with Gasteiger partial charge in [-0.05, 0) is 0 Å². The molecule has 0 spiro atoms. The largest absolute Gasteiger partial charge is 0.464 e. The molecule has 0 unspecified atom stereocenters. The summed E-state index contributed by atoms with van der Waals surface area (Å²) in [5.74, 6) is -0.622. The van der Waals surface area contributed by atoms with Crippen molar-refractivity contribution in [2.75, 3.05) is 7.11 Å². The van der Waals surface area contributed by atoms with Crippen LogP contribution in [0.25, 0.3) is 0 Å². The lowest BCUT2D eigenvalue weighted by Crippen LogP contribution is -2.07. The highest BCUT2D eigenvalue weighted by molar-refractivity contribution is 5.96. The van der Waals surface area contributed by atoms with E-state index < -0.39 is 5.97 Å². The third-order valence-corrected chi connectivity index (χ3v) is 1.43. The lowest BCUT2D eigenvalue weighted by Gasteiger charge is -1.95. The molecule has 1 aromatic heterocycles. The van der Waals surface area contributed by atoms with Gasteiger partial charge in [-0.3, -0.25) is 0 Å². The fourth-order valence-corrected chi connectivity index (χ4v) is 0.806. The normalized spacial score (nSPS) is 10.6. The molecule has 7 nitrogen and oxygen atoms in total. The number of aromatic nitrogens is 3. The molecule has 0 amide bonds. The van der Waals surface area contributed by atoms with E-state index in [9.17, 15) is 4.79 Å². The predicted molar refractivity (Wildman–Crippen MR) is 41.7 cm³/mol. The third kappa shape index (κ3) is 1.63. The fourth-order valence-electron chi connectivity index (χ4n) is 0.806. The maximum atomic E-state index is 11.0. The molecule has 0 aromatic carbocycles. The molecule has 1 rings (SSSR count). The second-order valence-corrected chi connectivity index (χ2v) is 2.18. The van der Waals surface area contributed by atoms with E-state index >= 15 is 0 Å². The molecule has 0 atom stereocenters. The van der Waals surface area contributed by atoms with Gasteiger partial charge >= 0.3 is 5.97 Å². The van der Waals surface area contributed by atoms with Crippen LogP contribution >= 0.6 is 0 Å². The number of oxime groups is 1. The zero-order valence-corrected chi connectivity index (χ0v) is 7.13. The quantitative estimate of drug-likeness (QED) is 0.287. The van der Waals surface area contributed by atoms with Crippen molar-refractivity contribution in [3.05, 3.63) is 11.4 Å². The second kappa shape index (κ2) is 3.65. The van der Waals surface area contributed by atoms with Crippen LogP contribution in [-0.4, -0.2) is 39.5 Å². The van der Waals surface area contributed by atoms with Crippen LogP contribution in [0.5, 0.6) is 0 Å². The highest BCUT2D eigenvalue weighted by Crippen LogP contribution is 2.02. The topological polar surface area (TPSA) is 89.6 Å². The summed E-state index contributed by atoms with van der Waals surface area (Å²) < 4.78 is 5.74. The molecule has 0 aliphatic heterocycles. The molecule has 0 aliphatic rings. The van der Waals surface area contributed by atoms with Crippen LogP contribution in [0.2, 0.25) is 0 Å². The van der Waals surface area contributed by atoms with Crippen molar-refractivity contribution in [2.24, 2.45) is 12.2 Å². The molecule has 1 heterocycles. The molecular formula is C6H8N4O3. The van der Waals surface area contributed by atoms with Crippen LogP contribution in [-0.2, 0) is 11.8 Å². The van der Waals surface area contributed by atoms with Gasteiger partial charge in [-0.2, -0.15) is 0 Å². The van der Waals surface area contributed by atoms with Crippen molar-refractivity contribution in [2.45, 2.75) is 0 Å². The Kier molecular flexibility index (Phi) is 2.58. The lowest BCUT2D eigenvalue weighted by atomic mass is 10.3. The van der Waals surface area contributed by atoms with Gasteiger partial charge in [0.25, 0.3) is 0 Å². The molecule has 0 bridgehead atoms. The van der Waals surface area contributed by atoms with Gasteiger partial charge in [0.1, 0.15) is 5.69 Å². The van der Waals surface area contributed by atoms with E-state index in [1.807, 2.05) is 0 Å². The minimum atomic E-state index is -0.622. The van der Waals surface area contributed by atoms with Gasteiger partial charge in [0.05, 0.1) is 13.3 Å². The van der Waals surface area contributed by atoms with Crippen molar-refractivity contribution < 1.29 is 14.7 Å². The van der Waals surface area contributed by atoms with Crippen LogP contribution in [0.15, 0.2) is 5.16 Å². The summed E-state index contributed by atoms with van der Waals surface area (Å²) in [5.41, 5.74) is 0.303. The molecular weight excluding hydrogens is 176 g/mol. The van der Waals surface area contributed by atoms with Gasteiger partial charge in [0.15, 0.2) is 5.69 Å². The van der Waals surface area contributed by atoms with E-state index in [-0.39, 0.29) is 11.4 Å². The molecule has 7 heteroatoms. The van der Waals surface area contributed by atoms with Gasteiger partial charge in [-0.1, -0.05) is 10.4 Å². The maximum Gasteiger partial charge on any atom is 0.360 e. The number of nitrogens with zero attached hydrogens (tertiary/aromatic N) is 4. The highest BCUT2D eigenvalue weighted by Gasteiger charge is 2.17. The number of aryl methyl sites for hydroxylation is 1. The molecule has 0 saturated carbocycles. The Morgan fingerprint density at radius 3 is 3.00 bits per heavy atom. The molecule has 0 aliphatic carbocycles. The molecule has 13 heavy (non-hydrogen) atoms. The van der Waals surface area contributed by atoms with E-state index in [1.165, 1.54) is 11.8 Å². The van der Waals surface area contributed by atoms with Gasteiger partial charge in [0, 0.05) is 7.05 Å². The van der Waals surface area contributed by atoms with Crippen molar-refractivity contribution in [3.8, 4) is 0 Å². The van der Waals surface area contributed by atoms with Crippen molar-refractivity contribution >= 4 is 12.2 Å². The minimum absolute atomic E-state index is 0.0165. The Morgan fingerprint density at radius 1 is 1.77 bits per heavy atom. The van der Waals surface area contributed by atoms with Crippen LogP contribution in [0.1, 0.15) is 16.2 Å². The van der Waals surface area contributed by atoms with E-state index in [2.05, 4.69) is 20.2 Å². The molecule has 1 N–H and O–H groups in total. The number of hydrogen-bond acceptors (Lipinski definition) is 6.